The van der Waals surface area contributed by atoms with Gasteiger partial charge in [0.25, 0.3) is 0 Å². The third-order valence-corrected chi connectivity index (χ3v) is 1.43. The molecule has 192 valence electrons. The lowest BCUT2D eigenvalue weighted by Gasteiger charge is -1.89. The number of hydrogen-bond donors (Lipinski definition) is 8. The van der Waals surface area contributed by atoms with Gasteiger partial charge in [-0.1, -0.05) is 44.6 Å². The zero-order valence-electron chi connectivity index (χ0n) is 13.5. The molecule has 0 saturated heterocycles. The van der Waals surface area contributed by atoms with Gasteiger partial charge in [-0.15, -0.1) is 0 Å². The molecule has 0 aromatic rings. The maximum absolute atomic E-state index is 9.45. The minimum absolute atomic E-state index is 0. The maximum Gasteiger partial charge on any atom is 0.332 e. The molecule has 0 saturated carbocycles. The predicted molar refractivity (Wildman–Crippen MR) is 118 cm³/mol. The zero-order chi connectivity index (χ0) is 20.6. The molecule has 0 aromatic heterocycles. The van der Waals surface area contributed by atoms with Crippen LogP contribution >= 0.6 is 0 Å². The second-order valence-electron chi connectivity index (χ2n) is 4.06. The molecule has 30 heavy (non-hydrogen) atoms. The Labute approximate surface area is 181 Å². The summed E-state index contributed by atoms with van der Waals surface area (Å²) in [6.07, 6.45) is -4.93. The van der Waals surface area contributed by atoms with Crippen molar-refractivity contribution in [3.05, 3.63) is 0 Å². The fraction of sp³-hybridized carbons (Fsp3) is 0.778. The third-order valence-electron chi connectivity index (χ3n) is 1.43. The van der Waals surface area contributed by atoms with Gasteiger partial charge in [0.2, 0.25) is 0 Å². The average molecular weight is 457 g/mol. The Balaban J connectivity index is -0.0000000208. The second kappa shape index (κ2) is 37.5. The Morgan fingerprint density at radius 1 is 0.400 bits per heavy atom. The van der Waals surface area contributed by atoms with Crippen LogP contribution in [-0.4, -0.2) is 89.1 Å². The van der Waals surface area contributed by atoms with E-state index < -0.39 is 48.3 Å². The predicted octanol–water partition coefficient (Wildman–Crippen LogP) is 1.62. The van der Waals surface area contributed by atoms with Crippen LogP contribution in [0.3, 0.4) is 0 Å². The van der Waals surface area contributed by atoms with Crippen molar-refractivity contribution in [1.82, 2.24) is 0 Å². The number of carbonyl (C=O) groups is 4. The summed E-state index contributed by atoms with van der Waals surface area (Å²) in [6, 6.07) is 0. The molecule has 0 heterocycles. The molecule has 0 aliphatic rings. The highest BCUT2D eigenvalue weighted by molar-refractivity contribution is 5.72. The molecule has 0 amide bonds. The van der Waals surface area contributed by atoms with Gasteiger partial charge in [-0.25, -0.2) is 19.2 Å². The number of carboxylic acids is 4. The van der Waals surface area contributed by atoms with Crippen molar-refractivity contribution in [2.75, 3.05) is 0 Å². The van der Waals surface area contributed by atoms with E-state index >= 15 is 0 Å². The number of aliphatic hydroxyl groups is 4. The van der Waals surface area contributed by atoms with Gasteiger partial charge >= 0.3 is 23.9 Å². The first-order chi connectivity index (χ1) is 10.6. The van der Waals surface area contributed by atoms with Gasteiger partial charge in [0, 0.05) is 0 Å². The molecule has 0 radical (unpaired) electrons. The Morgan fingerprint density at radius 2 is 0.433 bits per heavy atom. The molecular weight excluding hydrogens is 408 g/mol. The Bertz CT molecular complexity index is 305. The van der Waals surface area contributed by atoms with Gasteiger partial charge in [-0.05, 0) is 27.7 Å². The van der Waals surface area contributed by atoms with E-state index in [1.54, 1.807) is 0 Å². The van der Waals surface area contributed by atoms with E-state index in [1.807, 2.05) is 0 Å². The number of hydrogen-bond acceptors (Lipinski definition) is 8. The van der Waals surface area contributed by atoms with Crippen LogP contribution in [0.2, 0.25) is 0 Å². The molecule has 4 atom stereocenters. The fourth-order valence-electron chi connectivity index (χ4n) is 0. The van der Waals surface area contributed by atoms with Gasteiger partial charge in [-0.3, -0.25) is 0 Å². The van der Waals surface area contributed by atoms with Gasteiger partial charge in [-0.2, -0.15) is 0 Å². The van der Waals surface area contributed by atoms with Crippen LogP contribution in [0.5, 0.6) is 0 Å². The van der Waals surface area contributed by atoms with E-state index in [0.29, 0.717) is 0 Å². The molecule has 12 heteroatoms. The topological polar surface area (TPSA) is 230 Å². The first-order valence-electron chi connectivity index (χ1n) is 6.21. The van der Waals surface area contributed by atoms with Crippen molar-refractivity contribution in [2.24, 2.45) is 0 Å². The molecule has 8 N–H and O–H groups in total. The van der Waals surface area contributed by atoms with Gasteiger partial charge in [0.15, 0.2) is 0 Å². The van der Waals surface area contributed by atoms with E-state index in [0.717, 1.165) is 0 Å². The van der Waals surface area contributed by atoms with Crippen molar-refractivity contribution in [1.29, 1.82) is 0 Å². The Morgan fingerprint density at radius 3 is 0.433 bits per heavy atom. The molecular formula is C18H48O12. The van der Waals surface area contributed by atoms with Crippen LogP contribution < -0.4 is 0 Å². The first-order valence-corrected chi connectivity index (χ1v) is 6.21. The van der Waals surface area contributed by atoms with E-state index in [4.69, 9.17) is 40.9 Å². The lowest BCUT2D eigenvalue weighted by molar-refractivity contribution is -0.146. The molecule has 12 nitrogen and oxygen atoms in total. The minimum Gasteiger partial charge on any atom is -0.479 e. The van der Waals surface area contributed by atoms with Crippen LogP contribution in [0.15, 0.2) is 0 Å². The van der Waals surface area contributed by atoms with Crippen molar-refractivity contribution < 1.29 is 60.0 Å². The standard InChI is InChI=1S/4C3H6O3.6CH4/c4*1-2(4)3(5)6;;;;;;/h4*2,4H,1H3,(H,5,6);6*1H4. The fourth-order valence-corrected chi connectivity index (χ4v) is 0. The van der Waals surface area contributed by atoms with E-state index in [-0.39, 0.29) is 44.6 Å². The molecule has 0 bridgehead atoms. The Hall–Kier alpha value is -2.28. The first kappa shape index (κ1) is 63.0. The van der Waals surface area contributed by atoms with Gasteiger partial charge in [0.05, 0.1) is 0 Å². The maximum atomic E-state index is 9.45. The second-order valence-corrected chi connectivity index (χ2v) is 4.06. The summed E-state index contributed by atoms with van der Waals surface area (Å²) in [5, 5.41) is 63.1. The van der Waals surface area contributed by atoms with Gasteiger partial charge in [0.1, 0.15) is 24.4 Å². The molecule has 0 rings (SSSR count). The number of aliphatic hydroxyl groups excluding tert-OH is 4. The largest absolute Gasteiger partial charge is 0.479 e. The zero-order valence-corrected chi connectivity index (χ0v) is 13.5. The SMILES string of the molecule is C.C.C.C.C.C.CC(O)C(=O)O.CC(O)C(=O)O.CC(O)C(=O)O.CC(O)C(=O)O. The molecule has 0 aliphatic heterocycles. The number of rotatable bonds is 4. The lowest BCUT2D eigenvalue weighted by Crippen LogP contribution is -2.13. The smallest absolute Gasteiger partial charge is 0.332 e. The normalized spacial score (nSPS) is 10.9. The van der Waals surface area contributed by atoms with Crippen LogP contribution in [-0.2, 0) is 19.2 Å². The number of carboxylic acid groups (broad SMARTS) is 4. The van der Waals surface area contributed by atoms with Crippen molar-refractivity contribution >= 4 is 23.9 Å². The molecule has 0 spiro atoms. The van der Waals surface area contributed by atoms with Crippen LogP contribution in [0, 0.1) is 0 Å². The third kappa shape index (κ3) is 83.5. The molecule has 4 unspecified atom stereocenters. The quantitative estimate of drug-likeness (QED) is 0.301. The van der Waals surface area contributed by atoms with Crippen molar-refractivity contribution in [2.45, 2.75) is 96.7 Å². The highest BCUT2D eigenvalue weighted by Crippen LogP contribution is 1.74. The van der Waals surface area contributed by atoms with Crippen molar-refractivity contribution in [3.8, 4) is 0 Å². The summed E-state index contributed by atoms with van der Waals surface area (Å²) in [5.74, 6) is -4.74. The molecule has 0 aliphatic carbocycles. The summed E-state index contributed by atoms with van der Waals surface area (Å²) in [5.41, 5.74) is 0. The molecule has 0 fully saturated rings. The summed E-state index contributed by atoms with van der Waals surface area (Å²) in [4.78, 5) is 37.8. The summed E-state index contributed by atoms with van der Waals surface area (Å²) < 4.78 is 0. The summed E-state index contributed by atoms with van der Waals surface area (Å²) >= 11 is 0. The Kier molecular flexibility index (Phi) is 78.7. The summed E-state index contributed by atoms with van der Waals surface area (Å²) in [7, 11) is 0. The highest BCUT2D eigenvalue weighted by atomic mass is 16.4. The summed E-state index contributed by atoms with van der Waals surface area (Å²) in [6.45, 7) is 4.79. The van der Waals surface area contributed by atoms with Gasteiger partial charge < -0.3 is 40.9 Å². The van der Waals surface area contributed by atoms with Crippen molar-refractivity contribution in [3.63, 3.8) is 0 Å². The van der Waals surface area contributed by atoms with E-state index in [9.17, 15) is 19.2 Å². The van der Waals surface area contributed by atoms with Crippen LogP contribution in [0.1, 0.15) is 72.3 Å². The average Bonchev–Trinajstić information content (AvgIpc) is 2.40. The minimum atomic E-state index is -1.23. The molecule has 0 aromatic carbocycles. The lowest BCUT2D eigenvalue weighted by atomic mass is 10.4. The van der Waals surface area contributed by atoms with Crippen LogP contribution in [0.4, 0.5) is 0 Å². The van der Waals surface area contributed by atoms with Crippen LogP contribution in [0.25, 0.3) is 0 Å². The van der Waals surface area contributed by atoms with E-state index in [1.165, 1.54) is 27.7 Å². The number of aliphatic carboxylic acids is 4. The van der Waals surface area contributed by atoms with E-state index in [2.05, 4.69) is 0 Å². The monoisotopic (exact) mass is 456 g/mol. The highest BCUT2D eigenvalue weighted by Gasteiger charge is 2.02.